The number of fused-ring (bicyclic) bond motifs is 3. The molecule has 0 saturated heterocycles. The molecule has 0 fully saturated rings. The van der Waals surface area contributed by atoms with E-state index in [-0.39, 0.29) is 12.2 Å². The summed E-state index contributed by atoms with van der Waals surface area (Å²) in [5.74, 6) is 2.74. The molecule has 28 heavy (non-hydrogen) atoms. The summed E-state index contributed by atoms with van der Waals surface area (Å²) in [7, 11) is 1.72. The summed E-state index contributed by atoms with van der Waals surface area (Å²) < 4.78 is 18.6. The molecule has 5 rings (SSSR count). The van der Waals surface area contributed by atoms with Crippen molar-refractivity contribution in [3.63, 3.8) is 0 Å². The highest BCUT2D eigenvalue weighted by Gasteiger charge is 2.32. The topological polar surface area (TPSA) is 27.7 Å². The Labute approximate surface area is 165 Å². The van der Waals surface area contributed by atoms with Crippen LogP contribution >= 0.6 is 0 Å². The minimum absolute atomic E-state index is 0.0740. The van der Waals surface area contributed by atoms with Crippen LogP contribution in [0.5, 0.6) is 17.2 Å². The van der Waals surface area contributed by atoms with Crippen molar-refractivity contribution < 1.29 is 14.2 Å². The molecule has 0 amide bonds. The lowest BCUT2D eigenvalue weighted by Gasteiger charge is -2.34. The molecule has 2 aliphatic rings. The van der Waals surface area contributed by atoms with E-state index in [1.165, 1.54) is 22.3 Å². The highest BCUT2D eigenvalue weighted by Crippen LogP contribution is 2.49. The number of hydrogen-bond acceptors (Lipinski definition) is 3. The molecule has 1 unspecified atom stereocenters. The van der Waals surface area contributed by atoms with Crippen molar-refractivity contribution in [3.05, 3.63) is 89.0 Å². The fraction of sp³-hybridized carbons (Fsp3) is 0.280. The first kappa shape index (κ1) is 17.2. The van der Waals surface area contributed by atoms with Gasteiger partial charge in [-0.3, -0.25) is 0 Å². The summed E-state index contributed by atoms with van der Waals surface area (Å²) in [6.07, 6.45) is 3.96. The standard InChI is InChI=1S/C25H24O3/c1-26-23-16-24-20(13-14-21(27-24)17-8-4-2-5-9-17)25-19(23)12-15-22(28-25)18-10-6-3-7-11-18/h2-11,16,21-22H,12-15H2,1H3/t21?,22-/m0/s1. The molecule has 3 heteroatoms. The molecule has 0 radical (unpaired) electrons. The minimum atomic E-state index is 0.0740. The summed E-state index contributed by atoms with van der Waals surface area (Å²) >= 11 is 0. The van der Waals surface area contributed by atoms with E-state index in [2.05, 4.69) is 54.6 Å². The lowest BCUT2D eigenvalue weighted by atomic mass is 9.90. The summed E-state index contributed by atoms with van der Waals surface area (Å²) in [5.41, 5.74) is 4.80. The van der Waals surface area contributed by atoms with Crippen LogP contribution in [0.1, 0.15) is 47.3 Å². The smallest absolute Gasteiger partial charge is 0.134 e. The third kappa shape index (κ3) is 3.01. The van der Waals surface area contributed by atoms with E-state index >= 15 is 0 Å². The van der Waals surface area contributed by atoms with Crippen molar-refractivity contribution in [1.29, 1.82) is 0 Å². The molecule has 0 bridgehead atoms. The molecule has 0 aromatic heterocycles. The first-order valence-corrected chi connectivity index (χ1v) is 9.99. The average molecular weight is 372 g/mol. The van der Waals surface area contributed by atoms with Gasteiger partial charge >= 0.3 is 0 Å². The number of rotatable bonds is 3. The Hall–Kier alpha value is -2.94. The van der Waals surface area contributed by atoms with E-state index in [4.69, 9.17) is 14.2 Å². The quantitative estimate of drug-likeness (QED) is 0.579. The van der Waals surface area contributed by atoms with E-state index in [1.807, 2.05) is 12.1 Å². The molecule has 0 N–H and O–H groups in total. The van der Waals surface area contributed by atoms with Gasteiger partial charge in [-0.2, -0.15) is 0 Å². The first-order chi connectivity index (χ1) is 13.8. The van der Waals surface area contributed by atoms with Crippen LogP contribution in [0.15, 0.2) is 66.7 Å². The Kier molecular flexibility index (Phi) is 4.44. The van der Waals surface area contributed by atoms with Gasteiger partial charge in [-0.05, 0) is 36.8 Å². The van der Waals surface area contributed by atoms with Gasteiger partial charge in [0.15, 0.2) is 0 Å². The summed E-state index contributed by atoms with van der Waals surface area (Å²) in [5, 5.41) is 0. The fourth-order valence-corrected chi connectivity index (χ4v) is 4.37. The third-order valence-corrected chi connectivity index (χ3v) is 5.81. The molecule has 2 atom stereocenters. The van der Waals surface area contributed by atoms with Crippen LogP contribution in [0.4, 0.5) is 0 Å². The van der Waals surface area contributed by atoms with Gasteiger partial charge in [0.2, 0.25) is 0 Å². The molecule has 0 aliphatic carbocycles. The van der Waals surface area contributed by atoms with Gasteiger partial charge in [0.1, 0.15) is 29.5 Å². The summed E-state index contributed by atoms with van der Waals surface area (Å²) in [4.78, 5) is 0. The van der Waals surface area contributed by atoms with Crippen LogP contribution in [0.25, 0.3) is 0 Å². The van der Waals surface area contributed by atoms with Gasteiger partial charge in [-0.25, -0.2) is 0 Å². The lowest BCUT2D eigenvalue weighted by Crippen LogP contribution is -2.21. The second-order valence-corrected chi connectivity index (χ2v) is 7.47. The van der Waals surface area contributed by atoms with Gasteiger partial charge in [0, 0.05) is 17.2 Å². The molecule has 3 aromatic carbocycles. The predicted molar refractivity (Wildman–Crippen MR) is 109 cm³/mol. The average Bonchev–Trinajstić information content (AvgIpc) is 2.79. The van der Waals surface area contributed by atoms with Crippen LogP contribution in [0.3, 0.4) is 0 Å². The summed E-state index contributed by atoms with van der Waals surface area (Å²) in [6.45, 7) is 0. The Morgan fingerprint density at radius 3 is 1.93 bits per heavy atom. The van der Waals surface area contributed by atoms with Gasteiger partial charge in [0.25, 0.3) is 0 Å². The van der Waals surface area contributed by atoms with Crippen LogP contribution in [-0.2, 0) is 12.8 Å². The van der Waals surface area contributed by atoms with Crippen LogP contribution < -0.4 is 14.2 Å². The van der Waals surface area contributed by atoms with E-state index < -0.39 is 0 Å². The SMILES string of the molecule is COc1cc2c(c3c1CC[C@@H](c1ccccc1)O3)CCC(c1ccccc1)O2. The zero-order valence-corrected chi connectivity index (χ0v) is 16.1. The summed E-state index contributed by atoms with van der Waals surface area (Å²) in [6, 6.07) is 23.0. The molecule has 0 saturated carbocycles. The van der Waals surface area contributed by atoms with E-state index in [0.717, 1.165) is 42.9 Å². The van der Waals surface area contributed by atoms with E-state index in [1.54, 1.807) is 7.11 Å². The Balaban J connectivity index is 1.51. The fourth-order valence-electron chi connectivity index (χ4n) is 4.37. The normalized spacial score (nSPS) is 20.3. The number of benzene rings is 3. The zero-order valence-electron chi connectivity index (χ0n) is 16.1. The third-order valence-electron chi connectivity index (χ3n) is 5.81. The van der Waals surface area contributed by atoms with Crippen molar-refractivity contribution in [2.75, 3.05) is 7.11 Å². The highest BCUT2D eigenvalue weighted by atomic mass is 16.5. The van der Waals surface area contributed by atoms with Crippen molar-refractivity contribution in [3.8, 4) is 17.2 Å². The molecule has 2 heterocycles. The largest absolute Gasteiger partial charge is 0.496 e. The second kappa shape index (κ2) is 7.23. The Bertz CT molecular complexity index is 966. The molecule has 2 aliphatic heterocycles. The van der Waals surface area contributed by atoms with Gasteiger partial charge in [0.05, 0.1) is 7.11 Å². The molecule has 3 nitrogen and oxygen atoms in total. The predicted octanol–water partition coefficient (Wildman–Crippen LogP) is 5.83. The lowest BCUT2D eigenvalue weighted by molar-refractivity contribution is 0.151. The van der Waals surface area contributed by atoms with Gasteiger partial charge in [-0.1, -0.05) is 60.7 Å². The van der Waals surface area contributed by atoms with Crippen molar-refractivity contribution >= 4 is 0 Å². The molecular weight excluding hydrogens is 348 g/mol. The Morgan fingerprint density at radius 1 is 0.750 bits per heavy atom. The maximum Gasteiger partial charge on any atom is 0.134 e. The van der Waals surface area contributed by atoms with Gasteiger partial charge in [-0.15, -0.1) is 0 Å². The number of hydrogen-bond donors (Lipinski definition) is 0. The second-order valence-electron chi connectivity index (χ2n) is 7.47. The molecule has 3 aromatic rings. The first-order valence-electron chi connectivity index (χ1n) is 9.99. The van der Waals surface area contributed by atoms with Crippen LogP contribution in [0, 0.1) is 0 Å². The number of methoxy groups -OCH3 is 1. The van der Waals surface area contributed by atoms with Crippen LogP contribution in [-0.4, -0.2) is 7.11 Å². The minimum Gasteiger partial charge on any atom is -0.496 e. The Morgan fingerprint density at radius 2 is 1.32 bits per heavy atom. The van der Waals surface area contributed by atoms with Crippen molar-refractivity contribution in [1.82, 2.24) is 0 Å². The molecular formula is C25H24O3. The molecule has 142 valence electrons. The van der Waals surface area contributed by atoms with E-state index in [0.29, 0.717) is 0 Å². The van der Waals surface area contributed by atoms with Crippen molar-refractivity contribution in [2.45, 2.75) is 37.9 Å². The van der Waals surface area contributed by atoms with Crippen LogP contribution in [0.2, 0.25) is 0 Å². The maximum absolute atomic E-state index is 6.54. The highest BCUT2D eigenvalue weighted by molar-refractivity contribution is 5.59. The maximum atomic E-state index is 6.54. The number of ether oxygens (including phenoxy) is 3. The monoisotopic (exact) mass is 372 g/mol. The zero-order chi connectivity index (χ0) is 18.9. The van der Waals surface area contributed by atoms with Gasteiger partial charge < -0.3 is 14.2 Å². The van der Waals surface area contributed by atoms with Crippen molar-refractivity contribution in [2.24, 2.45) is 0 Å². The van der Waals surface area contributed by atoms with E-state index in [9.17, 15) is 0 Å². The molecule has 0 spiro atoms.